The lowest BCUT2D eigenvalue weighted by Gasteiger charge is -2.18. The van der Waals surface area contributed by atoms with Crippen molar-refractivity contribution in [3.8, 4) is 11.5 Å². The zero-order valence-electron chi connectivity index (χ0n) is 16.9. The Morgan fingerprint density at radius 3 is 2.83 bits per heavy atom. The second-order valence-corrected chi connectivity index (χ2v) is 7.73. The number of ether oxygens (including phenoxy) is 2. The van der Waals surface area contributed by atoms with E-state index in [1.165, 1.54) is 12.4 Å². The Labute approximate surface area is 174 Å². The van der Waals surface area contributed by atoms with E-state index in [1.807, 2.05) is 20.8 Å². The third-order valence-corrected chi connectivity index (χ3v) is 4.87. The minimum absolute atomic E-state index is 0.0886. The van der Waals surface area contributed by atoms with Crippen molar-refractivity contribution < 1.29 is 18.8 Å². The summed E-state index contributed by atoms with van der Waals surface area (Å²) >= 11 is 5.68. The summed E-state index contributed by atoms with van der Waals surface area (Å²) < 4.78 is 16.3. The molecule has 0 radical (unpaired) electrons. The number of rotatable bonds is 8. The van der Waals surface area contributed by atoms with E-state index in [9.17, 15) is 4.79 Å². The molecular weight excluding hydrogens is 398 g/mol. The van der Waals surface area contributed by atoms with Gasteiger partial charge in [0, 0.05) is 32.1 Å². The predicted molar refractivity (Wildman–Crippen MR) is 105 cm³/mol. The van der Waals surface area contributed by atoms with E-state index in [-0.39, 0.29) is 23.6 Å². The number of carbonyl (C=O) groups is 1. The lowest BCUT2D eigenvalue weighted by molar-refractivity contribution is 0.0534. The van der Waals surface area contributed by atoms with Gasteiger partial charge in [-0.2, -0.15) is 4.98 Å². The summed E-state index contributed by atoms with van der Waals surface area (Å²) in [5, 5.41) is 4.13. The zero-order valence-corrected chi connectivity index (χ0v) is 17.6. The predicted octanol–water partition coefficient (Wildman–Crippen LogP) is 3.90. The van der Waals surface area contributed by atoms with Gasteiger partial charge in [-0.15, -0.1) is 0 Å². The van der Waals surface area contributed by atoms with Crippen LogP contribution in [0.15, 0.2) is 16.9 Å². The molecular formula is C19H26ClN5O4. The maximum Gasteiger partial charge on any atom is 0.410 e. The molecule has 29 heavy (non-hydrogen) atoms. The fourth-order valence-corrected chi connectivity index (χ4v) is 3.25. The third kappa shape index (κ3) is 6.11. The summed E-state index contributed by atoms with van der Waals surface area (Å²) in [6, 6.07) is 0. The second kappa shape index (κ2) is 9.98. The molecule has 2 aromatic rings. The third-order valence-electron chi connectivity index (χ3n) is 4.68. The first-order valence-electron chi connectivity index (χ1n) is 9.81. The minimum atomic E-state index is -0.290. The molecule has 0 N–H and O–H groups in total. The van der Waals surface area contributed by atoms with Gasteiger partial charge in [-0.3, -0.25) is 0 Å². The van der Waals surface area contributed by atoms with Crippen molar-refractivity contribution in [3.05, 3.63) is 23.5 Å². The number of carbonyl (C=O) groups excluding carboxylic acids is 1. The van der Waals surface area contributed by atoms with Crippen LogP contribution in [0.25, 0.3) is 11.5 Å². The monoisotopic (exact) mass is 423 g/mol. The summed E-state index contributed by atoms with van der Waals surface area (Å²) in [6.45, 7) is 7.69. The summed E-state index contributed by atoms with van der Waals surface area (Å²) in [5.74, 6) is 1.28. The number of hydrogen-bond acceptors (Lipinski definition) is 8. The lowest BCUT2D eigenvalue weighted by Crippen LogP contribution is -2.31. The van der Waals surface area contributed by atoms with Crippen LogP contribution >= 0.6 is 11.6 Å². The van der Waals surface area contributed by atoms with E-state index in [0.717, 1.165) is 32.4 Å². The van der Waals surface area contributed by atoms with E-state index in [4.69, 9.17) is 25.6 Å². The molecule has 0 bridgehead atoms. The highest BCUT2D eigenvalue weighted by molar-refractivity contribution is 6.28. The Kier molecular flexibility index (Phi) is 7.38. The fraction of sp³-hybridized carbons (Fsp3) is 0.632. The first-order valence-corrected chi connectivity index (χ1v) is 10.2. The summed E-state index contributed by atoms with van der Waals surface area (Å²) in [4.78, 5) is 25.9. The van der Waals surface area contributed by atoms with E-state index < -0.39 is 0 Å². The normalized spacial score (nSPS) is 17.7. The van der Waals surface area contributed by atoms with Gasteiger partial charge in [0.05, 0.1) is 11.7 Å². The van der Waals surface area contributed by atoms with E-state index in [1.54, 1.807) is 4.90 Å². The van der Waals surface area contributed by atoms with Crippen molar-refractivity contribution >= 4 is 17.7 Å². The molecule has 1 amide bonds. The van der Waals surface area contributed by atoms with Crippen LogP contribution in [-0.2, 0) is 9.47 Å². The van der Waals surface area contributed by atoms with Crippen molar-refractivity contribution in [3.63, 3.8) is 0 Å². The van der Waals surface area contributed by atoms with Gasteiger partial charge in [0.1, 0.15) is 6.10 Å². The first kappa shape index (κ1) is 21.4. The molecule has 2 atom stereocenters. The molecule has 0 spiro atoms. The molecule has 1 fully saturated rings. The van der Waals surface area contributed by atoms with Crippen LogP contribution in [0.4, 0.5) is 4.79 Å². The standard InChI is InChI=1S/C19H26ClN5O4/c1-12(2)28-19(26)25-7-6-14(11-25)5-4-8-27-13(3)16-23-17(29-24-16)15-9-21-18(20)22-10-15/h9-10,12-14H,4-8,11H2,1-3H3. The largest absolute Gasteiger partial charge is 0.447 e. The second-order valence-electron chi connectivity index (χ2n) is 7.39. The highest BCUT2D eigenvalue weighted by atomic mass is 35.5. The molecule has 2 unspecified atom stereocenters. The van der Waals surface area contributed by atoms with Crippen molar-refractivity contribution in [2.75, 3.05) is 19.7 Å². The average Bonchev–Trinajstić information content (AvgIpc) is 3.35. The quantitative estimate of drug-likeness (QED) is 0.465. The molecule has 1 saturated heterocycles. The topological polar surface area (TPSA) is 103 Å². The minimum Gasteiger partial charge on any atom is -0.447 e. The number of halogens is 1. The molecule has 1 aliphatic heterocycles. The highest BCUT2D eigenvalue weighted by Gasteiger charge is 2.27. The number of hydrogen-bond donors (Lipinski definition) is 0. The summed E-state index contributed by atoms with van der Waals surface area (Å²) in [5.41, 5.74) is 0.599. The summed E-state index contributed by atoms with van der Waals surface area (Å²) in [6.07, 6.45) is 5.36. The highest BCUT2D eigenvalue weighted by Crippen LogP contribution is 2.23. The van der Waals surface area contributed by atoms with Crippen molar-refractivity contribution in [2.24, 2.45) is 5.92 Å². The zero-order chi connectivity index (χ0) is 20.8. The molecule has 10 heteroatoms. The van der Waals surface area contributed by atoms with Crippen LogP contribution in [0.3, 0.4) is 0 Å². The SMILES string of the molecule is CC(C)OC(=O)N1CCC(CCCOC(C)c2noc(-c3cnc(Cl)nc3)n2)C1. The number of likely N-dealkylation sites (tertiary alicyclic amines) is 1. The molecule has 3 rings (SSSR count). The van der Waals surface area contributed by atoms with Crippen LogP contribution in [-0.4, -0.2) is 56.9 Å². The van der Waals surface area contributed by atoms with Crippen molar-refractivity contribution in [1.29, 1.82) is 0 Å². The van der Waals surface area contributed by atoms with Gasteiger partial charge in [-0.25, -0.2) is 14.8 Å². The Balaban J connectivity index is 1.38. The van der Waals surface area contributed by atoms with Crippen molar-refractivity contribution in [2.45, 2.75) is 52.2 Å². The molecule has 0 aliphatic carbocycles. The van der Waals surface area contributed by atoms with Crippen LogP contribution < -0.4 is 0 Å². The van der Waals surface area contributed by atoms with Crippen LogP contribution in [0.1, 0.15) is 52.0 Å². The van der Waals surface area contributed by atoms with Crippen LogP contribution in [0.5, 0.6) is 0 Å². The molecule has 3 heterocycles. The molecule has 158 valence electrons. The van der Waals surface area contributed by atoms with Gasteiger partial charge in [0.25, 0.3) is 5.89 Å². The molecule has 0 saturated carbocycles. The summed E-state index contributed by atoms with van der Waals surface area (Å²) in [7, 11) is 0. The van der Waals surface area contributed by atoms with Crippen LogP contribution in [0, 0.1) is 5.92 Å². The number of amides is 1. The molecule has 0 aromatic carbocycles. The number of aromatic nitrogens is 4. The fourth-order valence-electron chi connectivity index (χ4n) is 3.16. The lowest BCUT2D eigenvalue weighted by atomic mass is 10.0. The first-order chi connectivity index (χ1) is 13.9. The molecule has 2 aromatic heterocycles. The van der Waals surface area contributed by atoms with Crippen LogP contribution in [0.2, 0.25) is 5.28 Å². The van der Waals surface area contributed by atoms with Gasteiger partial charge in [0.2, 0.25) is 11.1 Å². The maximum absolute atomic E-state index is 11.9. The Hall–Kier alpha value is -2.26. The van der Waals surface area contributed by atoms with E-state index in [2.05, 4.69) is 20.1 Å². The van der Waals surface area contributed by atoms with Gasteiger partial charge in [0.15, 0.2) is 0 Å². The Morgan fingerprint density at radius 2 is 2.10 bits per heavy atom. The van der Waals surface area contributed by atoms with Crippen molar-refractivity contribution in [1.82, 2.24) is 25.0 Å². The van der Waals surface area contributed by atoms with Gasteiger partial charge in [-0.05, 0) is 57.6 Å². The van der Waals surface area contributed by atoms with Gasteiger partial charge < -0.3 is 18.9 Å². The molecule has 9 nitrogen and oxygen atoms in total. The Morgan fingerprint density at radius 1 is 1.34 bits per heavy atom. The van der Waals surface area contributed by atoms with E-state index in [0.29, 0.717) is 29.8 Å². The average molecular weight is 424 g/mol. The van der Waals surface area contributed by atoms with E-state index >= 15 is 0 Å². The van der Waals surface area contributed by atoms with Gasteiger partial charge >= 0.3 is 6.09 Å². The smallest absolute Gasteiger partial charge is 0.410 e. The Bertz CT molecular complexity index is 798. The van der Waals surface area contributed by atoms with Gasteiger partial charge in [-0.1, -0.05) is 5.16 Å². The number of nitrogens with zero attached hydrogens (tertiary/aromatic N) is 5. The molecule has 1 aliphatic rings. The maximum atomic E-state index is 11.9.